The maximum atomic E-state index is 13.0. The smallest absolute Gasteiger partial charge is 0.408 e. The summed E-state index contributed by atoms with van der Waals surface area (Å²) in [5, 5.41) is 12.8. The number of imidazole rings is 2. The van der Waals surface area contributed by atoms with Crippen LogP contribution in [0.1, 0.15) is 89.1 Å². The van der Waals surface area contributed by atoms with Gasteiger partial charge >= 0.3 is 12.2 Å². The zero-order valence-corrected chi connectivity index (χ0v) is 29.3. The Kier molecular flexibility index (Phi) is 8.23. The van der Waals surface area contributed by atoms with E-state index < -0.39 is 23.3 Å². The molecule has 2 aromatic heterocycles. The topological polar surface area (TPSA) is 145 Å². The Hall–Kier alpha value is -5.32. The Morgan fingerprint density at radius 1 is 0.922 bits per heavy atom. The SMILES string of the molecule is CC(C)(C)OC(=O)NC1(c2nc3c([nH]2)CCOc2cc(-c4ccc(-c5ccc6nc(C7CCCN7C(=O)O)[nH]c6c5)cc4)ccc2-3)CCCCC1. The van der Waals surface area contributed by atoms with Crippen molar-refractivity contribution in [3.63, 3.8) is 0 Å². The summed E-state index contributed by atoms with van der Waals surface area (Å²) in [5.74, 6) is 2.28. The maximum Gasteiger partial charge on any atom is 0.408 e. The molecule has 0 bridgehead atoms. The molecule has 51 heavy (non-hydrogen) atoms. The number of ether oxygens (including phenoxy) is 2. The molecule has 8 rings (SSSR count). The third kappa shape index (κ3) is 6.41. The molecule has 0 radical (unpaired) electrons. The molecule has 2 amide bonds. The highest BCUT2D eigenvalue weighted by molar-refractivity contribution is 5.83. The number of carbonyl (C=O) groups is 2. The Bertz CT molecular complexity index is 2100. The lowest BCUT2D eigenvalue weighted by Crippen LogP contribution is -2.49. The molecule has 1 atom stereocenters. The van der Waals surface area contributed by atoms with Gasteiger partial charge in [-0.05, 0) is 93.0 Å². The van der Waals surface area contributed by atoms with Gasteiger partial charge in [-0.1, -0.05) is 55.7 Å². The van der Waals surface area contributed by atoms with Gasteiger partial charge in [0.05, 0.1) is 29.4 Å². The molecule has 264 valence electrons. The summed E-state index contributed by atoms with van der Waals surface area (Å²) in [4.78, 5) is 43.0. The fourth-order valence-electron chi connectivity index (χ4n) is 7.90. The molecule has 0 spiro atoms. The van der Waals surface area contributed by atoms with Gasteiger partial charge in [0.1, 0.15) is 28.5 Å². The van der Waals surface area contributed by atoms with Gasteiger partial charge in [-0.15, -0.1) is 0 Å². The lowest BCUT2D eigenvalue weighted by molar-refractivity contribution is 0.0412. The van der Waals surface area contributed by atoms with Crippen LogP contribution in [0.4, 0.5) is 9.59 Å². The minimum absolute atomic E-state index is 0.237. The maximum absolute atomic E-state index is 13.0. The van der Waals surface area contributed by atoms with Crippen molar-refractivity contribution in [2.45, 2.75) is 89.3 Å². The minimum atomic E-state index is -0.905. The fraction of sp³-hybridized carbons (Fsp3) is 0.400. The zero-order chi connectivity index (χ0) is 35.3. The van der Waals surface area contributed by atoms with Crippen LogP contribution in [0.25, 0.3) is 44.5 Å². The number of hydrogen-bond acceptors (Lipinski definition) is 6. The van der Waals surface area contributed by atoms with E-state index in [1.807, 2.05) is 26.8 Å². The van der Waals surface area contributed by atoms with Crippen LogP contribution in [0.3, 0.4) is 0 Å². The predicted octanol–water partition coefficient (Wildman–Crippen LogP) is 8.72. The standard InChI is InChI=1S/C40H44N6O5/c1-39(2,3)51-37(47)45-40(18-5-4-6-19-40)36-43-30-17-21-50-33-23-27(13-15-28(33)34(30)44-36)25-11-9-24(10-12-25)26-14-16-29-31(22-26)42-35(41-29)32-8-7-20-46(32)38(48)49/h9-16,22-23,32H,4-8,17-21H2,1-3H3,(H,41,42)(H,43,44)(H,45,47)(H,48,49). The summed E-state index contributed by atoms with van der Waals surface area (Å²) in [7, 11) is 0. The molecule has 3 aliphatic rings. The third-order valence-corrected chi connectivity index (χ3v) is 10.4. The fourth-order valence-corrected chi connectivity index (χ4v) is 7.90. The average molecular weight is 689 g/mol. The first-order valence-corrected chi connectivity index (χ1v) is 18.0. The summed E-state index contributed by atoms with van der Waals surface area (Å²) in [6.07, 6.45) is 5.73. The number of aromatic nitrogens is 4. The van der Waals surface area contributed by atoms with Crippen LogP contribution in [0.2, 0.25) is 0 Å². The van der Waals surface area contributed by atoms with Crippen molar-refractivity contribution in [1.29, 1.82) is 0 Å². The first-order valence-electron chi connectivity index (χ1n) is 18.0. The number of amides is 2. The summed E-state index contributed by atoms with van der Waals surface area (Å²) < 4.78 is 11.9. The van der Waals surface area contributed by atoms with Gasteiger partial charge in [0, 0.05) is 24.2 Å². The van der Waals surface area contributed by atoms with Crippen LogP contribution in [0.15, 0.2) is 60.7 Å². The Morgan fingerprint density at radius 2 is 1.63 bits per heavy atom. The Labute approximate surface area is 296 Å². The van der Waals surface area contributed by atoms with Gasteiger partial charge in [-0.2, -0.15) is 0 Å². The second kappa shape index (κ2) is 12.8. The molecule has 11 nitrogen and oxygen atoms in total. The van der Waals surface area contributed by atoms with Crippen molar-refractivity contribution in [3.05, 3.63) is 78.0 Å². The first-order chi connectivity index (χ1) is 24.5. The van der Waals surface area contributed by atoms with E-state index in [2.05, 4.69) is 69.9 Å². The molecule has 11 heteroatoms. The number of H-pyrrole nitrogens is 2. The monoisotopic (exact) mass is 688 g/mol. The van der Waals surface area contributed by atoms with E-state index in [0.29, 0.717) is 25.4 Å². The molecule has 3 aromatic carbocycles. The van der Waals surface area contributed by atoms with Gasteiger partial charge in [0.15, 0.2) is 0 Å². The molecular weight excluding hydrogens is 644 g/mol. The summed E-state index contributed by atoms with van der Waals surface area (Å²) in [5.41, 5.74) is 7.59. The van der Waals surface area contributed by atoms with Crippen LogP contribution in [0.5, 0.6) is 5.75 Å². The van der Waals surface area contributed by atoms with E-state index in [4.69, 9.17) is 19.4 Å². The first kappa shape index (κ1) is 32.9. The van der Waals surface area contributed by atoms with Crippen LogP contribution in [-0.4, -0.2) is 60.9 Å². The predicted molar refractivity (Wildman–Crippen MR) is 195 cm³/mol. The number of likely N-dealkylation sites (tertiary alicyclic amines) is 1. The van der Waals surface area contributed by atoms with Gasteiger partial charge in [0.25, 0.3) is 0 Å². The van der Waals surface area contributed by atoms with Crippen molar-refractivity contribution < 1.29 is 24.2 Å². The lowest BCUT2D eigenvalue weighted by atomic mass is 9.81. The molecular formula is C40H44N6O5. The highest BCUT2D eigenvalue weighted by Gasteiger charge is 2.40. The van der Waals surface area contributed by atoms with Crippen LogP contribution < -0.4 is 10.1 Å². The van der Waals surface area contributed by atoms with Crippen LogP contribution in [-0.2, 0) is 16.7 Å². The quantitative estimate of drug-likeness (QED) is 0.144. The molecule has 1 saturated heterocycles. The normalized spacial score (nSPS) is 18.4. The minimum Gasteiger partial charge on any atom is -0.492 e. The number of alkyl carbamates (subject to hydrolysis) is 1. The average Bonchev–Trinajstić information content (AvgIpc) is 3.84. The highest BCUT2D eigenvalue weighted by atomic mass is 16.6. The third-order valence-electron chi connectivity index (χ3n) is 10.4. The van der Waals surface area contributed by atoms with Gasteiger partial charge in [-0.25, -0.2) is 19.6 Å². The van der Waals surface area contributed by atoms with E-state index in [0.717, 1.165) is 107 Å². The van der Waals surface area contributed by atoms with Gasteiger partial charge < -0.3 is 29.9 Å². The van der Waals surface area contributed by atoms with E-state index in [1.165, 1.54) is 4.90 Å². The number of rotatable bonds is 5. The van der Waals surface area contributed by atoms with Gasteiger partial charge in [-0.3, -0.25) is 4.90 Å². The summed E-state index contributed by atoms with van der Waals surface area (Å²) in [6, 6.07) is 20.6. The number of nitrogens with one attached hydrogen (secondary N) is 3. The van der Waals surface area contributed by atoms with E-state index >= 15 is 0 Å². The highest BCUT2D eigenvalue weighted by Crippen LogP contribution is 2.42. The zero-order valence-electron chi connectivity index (χ0n) is 29.3. The number of hydrogen-bond donors (Lipinski definition) is 4. The number of fused-ring (bicyclic) bond motifs is 4. The summed E-state index contributed by atoms with van der Waals surface area (Å²) in [6.45, 7) is 6.68. The van der Waals surface area contributed by atoms with Crippen molar-refractivity contribution >= 4 is 23.2 Å². The lowest BCUT2D eigenvalue weighted by Gasteiger charge is -2.37. The van der Waals surface area contributed by atoms with Crippen molar-refractivity contribution in [2.75, 3.05) is 13.2 Å². The van der Waals surface area contributed by atoms with Crippen molar-refractivity contribution in [1.82, 2.24) is 30.2 Å². The molecule has 4 N–H and O–H groups in total. The van der Waals surface area contributed by atoms with E-state index in [-0.39, 0.29) is 6.04 Å². The number of nitrogens with zero attached hydrogens (tertiary/aromatic N) is 3. The van der Waals surface area contributed by atoms with E-state index in [9.17, 15) is 14.7 Å². The second-order valence-electron chi connectivity index (χ2n) is 15.1. The number of aromatic amines is 2. The largest absolute Gasteiger partial charge is 0.492 e. The molecule has 5 aromatic rings. The Morgan fingerprint density at radius 3 is 2.35 bits per heavy atom. The second-order valence-corrected chi connectivity index (χ2v) is 15.1. The molecule has 1 saturated carbocycles. The number of carboxylic acid groups (broad SMARTS) is 1. The Balaban J connectivity index is 1.04. The molecule has 2 aliphatic heterocycles. The van der Waals surface area contributed by atoms with Gasteiger partial charge in [0.2, 0.25) is 0 Å². The van der Waals surface area contributed by atoms with E-state index in [1.54, 1.807) is 0 Å². The van der Waals surface area contributed by atoms with Crippen molar-refractivity contribution in [2.24, 2.45) is 0 Å². The van der Waals surface area contributed by atoms with Crippen LogP contribution in [0, 0.1) is 0 Å². The number of carbonyl (C=O) groups excluding carboxylic acids is 1. The molecule has 2 fully saturated rings. The van der Waals surface area contributed by atoms with Crippen LogP contribution >= 0.6 is 0 Å². The molecule has 1 aliphatic carbocycles. The number of benzene rings is 3. The molecule has 4 heterocycles. The molecule has 1 unspecified atom stereocenters. The van der Waals surface area contributed by atoms with Crippen molar-refractivity contribution in [3.8, 4) is 39.3 Å². The summed E-state index contributed by atoms with van der Waals surface area (Å²) >= 11 is 0.